The van der Waals surface area contributed by atoms with Crippen LogP contribution in [0.3, 0.4) is 0 Å². The lowest BCUT2D eigenvalue weighted by atomic mass is 9.94. The highest BCUT2D eigenvalue weighted by molar-refractivity contribution is 5.85. The van der Waals surface area contributed by atoms with Gasteiger partial charge in [-0.1, -0.05) is 48.5 Å². The number of hydrogen-bond acceptors (Lipinski definition) is 6. The van der Waals surface area contributed by atoms with E-state index in [2.05, 4.69) is 5.32 Å². The van der Waals surface area contributed by atoms with Gasteiger partial charge in [-0.05, 0) is 70.2 Å². The molecular formula is C29H37NO7. The summed E-state index contributed by atoms with van der Waals surface area (Å²) in [5, 5.41) is 12.7. The van der Waals surface area contributed by atoms with Crippen LogP contribution < -0.4 is 5.32 Å². The van der Waals surface area contributed by atoms with E-state index < -0.39 is 34.8 Å². The van der Waals surface area contributed by atoms with Crippen molar-refractivity contribution in [2.75, 3.05) is 13.2 Å². The van der Waals surface area contributed by atoms with Crippen molar-refractivity contribution < 1.29 is 33.7 Å². The Bertz CT molecular complexity index is 1100. The van der Waals surface area contributed by atoms with E-state index in [9.17, 15) is 19.5 Å². The maximum absolute atomic E-state index is 13.0. The lowest BCUT2D eigenvalue weighted by molar-refractivity contribution is -0.157. The van der Waals surface area contributed by atoms with Crippen LogP contribution in [0.5, 0.6) is 0 Å². The molecule has 0 fully saturated rings. The van der Waals surface area contributed by atoms with Gasteiger partial charge in [0.1, 0.15) is 12.2 Å². The molecule has 0 spiro atoms. The Morgan fingerprint density at radius 2 is 1.41 bits per heavy atom. The van der Waals surface area contributed by atoms with Crippen LogP contribution in [-0.2, 0) is 23.8 Å². The number of carbonyl (C=O) groups excluding carboxylic acids is 2. The Kier molecular flexibility index (Phi) is 8.32. The summed E-state index contributed by atoms with van der Waals surface area (Å²) < 4.78 is 16.7. The van der Waals surface area contributed by atoms with Gasteiger partial charge in [0.05, 0.1) is 12.2 Å². The number of rotatable bonds is 9. The number of carboxylic acid groups (broad SMARTS) is 1. The third-order valence-electron chi connectivity index (χ3n) is 6.02. The van der Waals surface area contributed by atoms with Crippen molar-refractivity contribution in [2.24, 2.45) is 0 Å². The van der Waals surface area contributed by atoms with Crippen LogP contribution in [-0.4, -0.2) is 53.1 Å². The van der Waals surface area contributed by atoms with Crippen LogP contribution >= 0.6 is 0 Å². The summed E-state index contributed by atoms with van der Waals surface area (Å²) in [6.45, 7) is 10.2. The Balaban J connectivity index is 1.76. The number of esters is 1. The summed E-state index contributed by atoms with van der Waals surface area (Å²) in [7, 11) is 0. The van der Waals surface area contributed by atoms with Crippen LogP contribution in [0.25, 0.3) is 11.1 Å². The molecular weight excluding hydrogens is 474 g/mol. The second-order valence-corrected chi connectivity index (χ2v) is 11.3. The molecule has 0 aliphatic heterocycles. The summed E-state index contributed by atoms with van der Waals surface area (Å²) >= 11 is 0. The fraction of sp³-hybridized carbons (Fsp3) is 0.483. The number of benzene rings is 2. The maximum Gasteiger partial charge on any atom is 0.408 e. The van der Waals surface area contributed by atoms with Crippen molar-refractivity contribution in [1.82, 2.24) is 5.32 Å². The molecule has 2 N–H and O–H groups in total. The SMILES string of the molecule is CC(C)(C)OC[C@](CCC(=O)OC(C)(C)C)(NC(=O)OCC1c2ccccc2-c2ccccc21)C(=O)O. The normalized spacial score (nSPS) is 14.8. The topological polar surface area (TPSA) is 111 Å². The molecule has 1 aliphatic rings. The quantitative estimate of drug-likeness (QED) is 0.440. The molecule has 0 bridgehead atoms. The molecule has 0 aromatic heterocycles. The lowest BCUT2D eigenvalue weighted by Gasteiger charge is -2.33. The van der Waals surface area contributed by atoms with Crippen molar-refractivity contribution in [2.45, 2.75) is 77.0 Å². The van der Waals surface area contributed by atoms with Gasteiger partial charge in [0.25, 0.3) is 0 Å². The van der Waals surface area contributed by atoms with Crippen molar-refractivity contribution in [3.63, 3.8) is 0 Å². The molecule has 1 atom stereocenters. The Labute approximate surface area is 218 Å². The zero-order valence-corrected chi connectivity index (χ0v) is 22.4. The van der Waals surface area contributed by atoms with Crippen LogP contribution in [0.1, 0.15) is 71.4 Å². The van der Waals surface area contributed by atoms with Gasteiger partial charge in [-0.25, -0.2) is 9.59 Å². The van der Waals surface area contributed by atoms with E-state index in [1.165, 1.54) is 0 Å². The molecule has 200 valence electrons. The second-order valence-electron chi connectivity index (χ2n) is 11.3. The fourth-order valence-electron chi connectivity index (χ4n) is 4.27. The highest BCUT2D eigenvalue weighted by Crippen LogP contribution is 2.44. The molecule has 0 unspecified atom stereocenters. The van der Waals surface area contributed by atoms with Crippen LogP contribution in [0.4, 0.5) is 4.79 Å². The van der Waals surface area contributed by atoms with E-state index in [1.54, 1.807) is 41.5 Å². The number of hydrogen-bond donors (Lipinski definition) is 2. The third kappa shape index (κ3) is 7.32. The van der Waals surface area contributed by atoms with Crippen LogP contribution in [0.15, 0.2) is 48.5 Å². The first-order chi connectivity index (χ1) is 17.2. The molecule has 0 heterocycles. The molecule has 3 rings (SSSR count). The minimum absolute atomic E-state index is 0.0295. The van der Waals surface area contributed by atoms with Gasteiger partial charge in [0.2, 0.25) is 0 Å². The first kappa shape index (κ1) is 28.2. The lowest BCUT2D eigenvalue weighted by Crippen LogP contribution is -2.59. The molecule has 8 nitrogen and oxygen atoms in total. The average molecular weight is 512 g/mol. The molecule has 37 heavy (non-hydrogen) atoms. The second kappa shape index (κ2) is 10.9. The number of aliphatic carboxylic acids is 1. The number of fused-ring (bicyclic) bond motifs is 3. The summed E-state index contributed by atoms with van der Waals surface area (Å²) in [4.78, 5) is 37.8. The predicted molar refractivity (Wildman–Crippen MR) is 139 cm³/mol. The molecule has 1 amide bonds. The minimum Gasteiger partial charge on any atom is -0.479 e. The Hall–Kier alpha value is -3.39. The number of amides is 1. The molecule has 2 aromatic carbocycles. The standard InChI is InChI=1S/C29H37NO7/c1-27(2,3)36-18-29(25(32)33,16-15-24(31)37-28(4,5)6)30-26(34)35-17-23-21-13-9-7-11-19(21)20-12-8-10-14-22(20)23/h7-14,23H,15-18H2,1-6H3,(H,30,34)(H,32,33)/t29-/m0/s1. The molecule has 0 radical (unpaired) electrons. The molecule has 1 aliphatic carbocycles. The highest BCUT2D eigenvalue weighted by Gasteiger charge is 2.43. The minimum atomic E-state index is -1.88. The third-order valence-corrected chi connectivity index (χ3v) is 6.02. The predicted octanol–water partition coefficient (Wildman–Crippen LogP) is 5.29. The highest BCUT2D eigenvalue weighted by atomic mass is 16.6. The fourth-order valence-corrected chi connectivity index (χ4v) is 4.27. The number of carbonyl (C=O) groups is 3. The summed E-state index contributed by atoms with van der Waals surface area (Å²) in [6, 6.07) is 15.9. The summed E-state index contributed by atoms with van der Waals surface area (Å²) in [5.41, 5.74) is 0.989. The zero-order valence-electron chi connectivity index (χ0n) is 22.4. The largest absolute Gasteiger partial charge is 0.479 e. The van der Waals surface area contributed by atoms with Crippen molar-refractivity contribution >= 4 is 18.0 Å². The Morgan fingerprint density at radius 1 is 0.865 bits per heavy atom. The van der Waals surface area contributed by atoms with Crippen molar-refractivity contribution in [3.8, 4) is 11.1 Å². The Morgan fingerprint density at radius 3 is 1.89 bits per heavy atom. The van der Waals surface area contributed by atoms with Gasteiger partial charge in [-0.3, -0.25) is 4.79 Å². The van der Waals surface area contributed by atoms with Crippen LogP contribution in [0.2, 0.25) is 0 Å². The van der Waals surface area contributed by atoms with Gasteiger partial charge >= 0.3 is 18.0 Å². The summed E-state index contributed by atoms with van der Waals surface area (Å²) in [6.07, 6.45) is -1.34. The zero-order chi connectivity index (χ0) is 27.4. The number of nitrogens with one attached hydrogen (secondary N) is 1. The van der Waals surface area contributed by atoms with E-state index >= 15 is 0 Å². The smallest absolute Gasteiger partial charge is 0.408 e. The van der Waals surface area contributed by atoms with Gasteiger partial charge in [0.15, 0.2) is 5.54 Å². The monoisotopic (exact) mass is 511 g/mol. The van der Waals surface area contributed by atoms with Gasteiger partial charge in [-0.2, -0.15) is 0 Å². The summed E-state index contributed by atoms with van der Waals surface area (Å²) in [5.74, 6) is -2.07. The van der Waals surface area contributed by atoms with E-state index in [0.29, 0.717) is 0 Å². The molecule has 2 aromatic rings. The van der Waals surface area contributed by atoms with E-state index in [0.717, 1.165) is 22.3 Å². The van der Waals surface area contributed by atoms with E-state index in [1.807, 2.05) is 48.5 Å². The van der Waals surface area contributed by atoms with Gasteiger partial charge in [0, 0.05) is 12.3 Å². The van der Waals surface area contributed by atoms with Crippen molar-refractivity contribution in [3.05, 3.63) is 59.7 Å². The maximum atomic E-state index is 13.0. The number of carboxylic acids is 1. The van der Waals surface area contributed by atoms with Crippen LogP contribution in [0, 0.1) is 0 Å². The molecule has 0 saturated heterocycles. The van der Waals surface area contributed by atoms with Gasteiger partial charge < -0.3 is 24.6 Å². The first-order valence-corrected chi connectivity index (χ1v) is 12.4. The molecule has 8 heteroatoms. The van der Waals surface area contributed by atoms with E-state index in [4.69, 9.17) is 14.2 Å². The number of alkyl carbamates (subject to hydrolysis) is 1. The average Bonchev–Trinajstić information content (AvgIpc) is 3.11. The van der Waals surface area contributed by atoms with Crippen molar-refractivity contribution in [1.29, 1.82) is 0 Å². The molecule has 0 saturated carbocycles. The first-order valence-electron chi connectivity index (χ1n) is 12.4. The van der Waals surface area contributed by atoms with E-state index in [-0.39, 0.29) is 32.0 Å². The van der Waals surface area contributed by atoms with Gasteiger partial charge in [-0.15, -0.1) is 0 Å². The number of ether oxygens (including phenoxy) is 3.